The quantitative estimate of drug-likeness (QED) is 0.799. The zero-order valence-electron chi connectivity index (χ0n) is 9.05. The summed E-state index contributed by atoms with van der Waals surface area (Å²) < 4.78 is 0. The molecule has 1 aromatic rings. The molecule has 1 aromatic heterocycles. The highest BCUT2D eigenvalue weighted by molar-refractivity contribution is 5.73. The minimum Gasteiger partial charge on any atom is -0.480 e. The van der Waals surface area contributed by atoms with E-state index in [-0.39, 0.29) is 6.54 Å². The van der Waals surface area contributed by atoms with Gasteiger partial charge in [0.2, 0.25) is 0 Å². The normalized spacial score (nSPS) is 10.3. The van der Waals surface area contributed by atoms with Crippen molar-refractivity contribution in [2.45, 2.75) is 13.8 Å². The Labute approximate surface area is 89.6 Å². The highest BCUT2D eigenvalue weighted by Crippen LogP contribution is 2.13. The molecule has 0 radical (unpaired) electrons. The van der Waals surface area contributed by atoms with E-state index in [0.29, 0.717) is 5.92 Å². The van der Waals surface area contributed by atoms with Gasteiger partial charge in [-0.1, -0.05) is 13.8 Å². The van der Waals surface area contributed by atoms with Gasteiger partial charge in [-0.15, -0.1) is 0 Å². The summed E-state index contributed by atoms with van der Waals surface area (Å²) in [6.45, 7) is 4.89. The second-order valence-corrected chi connectivity index (χ2v) is 3.87. The number of pyridine rings is 1. The highest BCUT2D eigenvalue weighted by Gasteiger charge is 2.11. The van der Waals surface area contributed by atoms with Crippen LogP contribution in [0.2, 0.25) is 0 Å². The van der Waals surface area contributed by atoms with Crippen LogP contribution >= 0.6 is 0 Å². The van der Waals surface area contributed by atoms with Gasteiger partial charge in [0.25, 0.3) is 0 Å². The van der Waals surface area contributed by atoms with E-state index in [2.05, 4.69) is 18.8 Å². The Bertz CT molecular complexity index is 312. The maximum atomic E-state index is 10.7. The molecule has 0 unspecified atom stereocenters. The van der Waals surface area contributed by atoms with Crippen LogP contribution in [-0.2, 0) is 4.79 Å². The number of carboxylic acids is 1. The van der Waals surface area contributed by atoms with Gasteiger partial charge in [0.1, 0.15) is 6.54 Å². The van der Waals surface area contributed by atoms with Crippen molar-refractivity contribution < 1.29 is 9.90 Å². The van der Waals surface area contributed by atoms with Crippen molar-refractivity contribution in [3.8, 4) is 0 Å². The van der Waals surface area contributed by atoms with Gasteiger partial charge >= 0.3 is 5.97 Å². The van der Waals surface area contributed by atoms with Gasteiger partial charge in [-0.2, -0.15) is 0 Å². The highest BCUT2D eigenvalue weighted by atomic mass is 16.4. The lowest BCUT2D eigenvalue weighted by atomic mass is 10.2. The zero-order chi connectivity index (χ0) is 11.3. The fourth-order valence-electron chi connectivity index (χ4n) is 1.42. The summed E-state index contributed by atoms with van der Waals surface area (Å²) in [5, 5.41) is 8.80. The van der Waals surface area contributed by atoms with E-state index < -0.39 is 5.97 Å². The maximum absolute atomic E-state index is 10.7. The molecule has 0 aromatic carbocycles. The molecule has 4 nitrogen and oxygen atoms in total. The van der Waals surface area contributed by atoms with Gasteiger partial charge < -0.3 is 10.0 Å². The van der Waals surface area contributed by atoms with Crippen LogP contribution in [0, 0.1) is 5.92 Å². The molecule has 1 heterocycles. The predicted octanol–water partition coefficient (Wildman–Crippen LogP) is 1.63. The van der Waals surface area contributed by atoms with Crippen LogP contribution in [0.4, 0.5) is 5.69 Å². The molecule has 82 valence electrons. The van der Waals surface area contributed by atoms with E-state index in [9.17, 15) is 4.79 Å². The number of hydrogen-bond acceptors (Lipinski definition) is 3. The van der Waals surface area contributed by atoms with Crippen LogP contribution in [0.15, 0.2) is 24.5 Å². The smallest absolute Gasteiger partial charge is 0.323 e. The van der Waals surface area contributed by atoms with Crippen LogP contribution in [0.3, 0.4) is 0 Å². The molecular formula is C11H16N2O2. The summed E-state index contributed by atoms with van der Waals surface area (Å²) in [4.78, 5) is 16.5. The first-order chi connectivity index (χ1) is 7.09. The molecule has 0 aliphatic rings. The first-order valence-electron chi connectivity index (χ1n) is 4.96. The predicted molar refractivity (Wildman–Crippen MR) is 58.9 cm³/mol. The van der Waals surface area contributed by atoms with Crippen molar-refractivity contribution in [2.75, 3.05) is 18.0 Å². The Hall–Kier alpha value is -1.58. The van der Waals surface area contributed by atoms with Crippen LogP contribution in [0.5, 0.6) is 0 Å². The number of carbonyl (C=O) groups is 1. The van der Waals surface area contributed by atoms with E-state index in [1.54, 1.807) is 12.4 Å². The van der Waals surface area contributed by atoms with Gasteiger partial charge in [0.05, 0.1) is 0 Å². The number of anilines is 1. The summed E-state index contributed by atoms with van der Waals surface area (Å²) >= 11 is 0. The SMILES string of the molecule is CC(C)CN(CC(=O)O)c1ccncc1. The van der Waals surface area contributed by atoms with Crippen molar-refractivity contribution in [1.82, 2.24) is 4.98 Å². The molecule has 0 bridgehead atoms. The molecule has 0 fully saturated rings. The van der Waals surface area contributed by atoms with Crippen molar-refractivity contribution in [1.29, 1.82) is 0 Å². The molecule has 0 spiro atoms. The fraction of sp³-hybridized carbons (Fsp3) is 0.455. The zero-order valence-corrected chi connectivity index (χ0v) is 9.05. The fourth-order valence-corrected chi connectivity index (χ4v) is 1.42. The topological polar surface area (TPSA) is 53.4 Å². The second kappa shape index (κ2) is 5.34. The number of rotatable bonds is 5. The summed E-state index contributed by atoms with van der Waals surface area (Å²) in [5.41, 5.74) is 0.904. The minimum atomic E-state index is -0.813. The van der Waals surface area contributed by atoms with Gasteiger partial charge in [-0.05, 0) is 18.1 Å². The molecule has 0 saturated carbocycles. The molecule has 0 saturated heterocycles. The Morgan fingerprint density at radius 3 is 2.53 bits per heavy atom. The first kappa shape index (κ1) is 11.5. The number of carboxylic acid groups (broad SMARTS) is 1. The number of aliphatic carboxylic acids is 1. The van der Waals surface area contributed by atoms with Gasteiger partial charge in [0, 0.05) is 24.6 Å². The molecule has 0 aliphatic heterocycles. The number of hydrogen-bond donors (Lipinski definition) is 1. The van der Waals surface area contributed by atoms with Gasteiger partial charge in [0.15, 0.2) is 0 Å². The van der Waals surface area contributed by atoms with Gasteiger partial charge in [-0.25, -0.2) is 0 Å². The van der Waals surface area contributed by atoms with Crippen LogP contribution in [0.1, 0.15) is 13.8 Å². The summed E-state index contributed by atoms with van der Waals surface area (Å²) in [6.07, 6.45) is 3.34. The summed E-state index contributed by atoms with van der Waals surface area (Å²) in [5.74, 6) is -0.384. The van der Waals surface area contributed by atoms with Crippen LogP contribution in [-0.4, -0.2) is 29.1 Å². The third kappa shape index (κ3) is 3.97. The monoisotopic (exact) mass is 208 g/mol. The van der Waals surface area contributed by atoms with Crippen molar-refractivity contribution in [3.05, 3.63) is 24.5 Å². The van der Waals surface area contributed by atoms with E-state index in [1.165, 1.54) is 0 Å². The first-order valence-corrected chi connectivity index (χ1v) is 4.96. The molecule has 1 rings (SSSR count). The number of nitrogens with zero attached hydrogens (tertiary/aromatic N) is 2. The van der Waals surface area contributed by atoms with Crippen molar-refractivity contribution in [2.24, 2.45) is 5.92 Å². The standard InChI is InChI=1S/C11H16N2O2/c1-9(2)7-13(8-11(14)15)10-3-5-12-6-4-10/h3-6,9H,7-8H2,1-2H3,(H,14,15). The Kier molecular flexibility index (Phi) is 4.09. The molecule has 1 N–H and O–H groups in total. The molecular weight excluding hydrogens is 192 g/mol. The third-order valence-corrected chi connectivity index (χ3v) is 1.94. The molecule has 15 heavy (non-hydrogen) atoms. The molecule has 0 amide bonds. The molecule has 4 heteroatoms. The third-order valence-electron chi connectivity index (χ3n) is 1.94. The largest absolute Gasteiger partial charge is 0.480 e. The maximum Gasteiger partial charge on any atom is 0.323 e. The summed E-state index contributed by atoms with van der Waals surface area (Å²) in [6, 6.07) is 3.65. The van der Waals surface area contributed by atoms with E-state index >= 15 is 0 Å². The Morgan fingerprint density at radius 2 is 2.07 bits per heavy atom. The lowest BCUT2D eigenvalue weighted by Gasteiger charge is -2.24. The summed E-state index contributed by atoms with van der Waals surface area (Å²) in [7, 11) is 0. The van der Waals surface area contributed by atoms with Crippen LogP contribution in [0.25, 0.3) is 0 Å². The lowest BCUT2D eigenvalue weighted by Crippen LogP contribution is -2.32. The Morgan fingerprint density at radius 1 is 1.47 bits per heavy atom. The lowest BCUT2D eigenvalue weighted by molar-refractivity contribution is -0.135. The molecule has 0 atom stereocenters. The second-order valence-electron chi connectivity index (χ2n) is 3.87. The molecule has 0 aliphatic carbocycles. The minimum absolute atomic E-state index is 0.0300. The number of aromatic nitrogens is 1. The van der Waals surface area contributed by atoms with E-state index in [0.717, 1.165) is 12.2 Å². The van der Waals surface area contributed by atoms with Gasteiger partial charge in [-0.3, -0.25) is 9.78 Å². The average molecular weight is 208 g/mol. The van der Waals surface area contributed by atoms with Crippen molar-refractivity contribution >= 4 is 11.7 Å². The van der Waals surface area contributed by atoms with E-state index in [4.69, 9.17) is 5.11 Å². The Balaban J connectivity index is 2.76. The average Bonchev–Trinajstić information content (AvgIpc) is 2.17. The van der Waals surface area contributed by atoms with E-state index in [1.807, 2.05) is 17.0 Å². The van der Waals surface area contributed by atoms with Crippen molar-refractivity contribution in [3.63, 3.8) is 0 Å². The van der Waals surface area contributed by atoms with Crippen LogP contribution < -0.4 is 4.90 Å².